The summed E-state index contributed by atoms with van der Waals surface area (Å²) in [7, 11) is 0. The van der Waals surface area contributed by atoms with Gasteiger partial charge in [-0.15, -0.1) is 0 Å². The summed E-state index contributed by atoms with van der Waals surface area (Å²) in [5, 5.41) is 47.0. The van der Waals surface area contributed by atoms with Crippen molar-refractivity contribution in [3.8, 4) is 0 Å². The van der Waals surface area contributed by atoms with Crippen molar-refractivity contribution in [3.05, 3.63) is 311 Å². The molecule has 2 aliphatic rings. The van der Waals surface area contributed by atoms with Gasteiger partial charge in [-0.3, -0.25) is 19.2 Å². The Morgan fingerprint density at radius 1 is 0.188 bits per heavy atom. The van der Waals surface area contributed by atoms with Crippen molar-refractivity contribution in [1.82, 2.24) is 0 Å². The Balaban J connectivity index is -0.000000616. The van der Waals surface area contributed by atoms with E-state index in [-0.39, 0.29) is 233 Å². The molecule has 0 N–H and O–H groups in total. The Hall–Kier alpha value is -4.66. The number of ketones is 4. The fraction of sp³-hybridized carbons (Fsp3) is 0.286. The molecule has 8 aromatic rings. The molecule has 0 aromatic heterocycles. The van der Waals surface area contributed by atoms with E-state index < -0.39 is 0 Å². The second-order valence-corrected chi connectivity index (χ2v) is 21.8. The third-order valence-corrected chi connectivity index (χ3v) is 14.0. The molecule has 2 heterocycles. The van der Waals surface area contributed by atoms with E-state index in [4.69, 9.17) is 56.8 Å². The maximum Gasteiger partial charge on any atom is 1.00 e. The molecule has 8 aromatic carbocycles. The van der Waals surface area contributed by atoms with Crippen LogP contribution in [0.3, 0.4) is 0 Å². The van der Waals surface area contributed by atoms with Gasteiger partial charge in [-0.25, -0.2) is 0 Å². The second-order valence-electron chi connectivity index (χ2n) is 21.8. The molecule has 2 saturated heterocycles. The minimum atomic E-state index is -0.264. The Labute approximate surface area is 789 Å². The van der Waals surface area contributed by atoms with Crippen molar-refractivity contribution in [2.24, 2.45) is 0 Å². The molecule has 2 fully saturated rings. The summed E-state index contributed by atoms with van der Waals surface area (Å²) >= 11 is 0. The number of carbonyl (C=O) groups is 4. The van der Waals surface area contributed by atoms with E-state index in [2.05, 4.69) is 0 Å². The number of carbonyl (C=O) groups excluding carboxylic acids is 4. The SMILES string of the molecule is C1COCCOCCOCCOCCOCCO1.C1COCCOCCOCCOCCOCCO1.O=C(/C=C(\[O-])c1ccccc1)c1ccccc1.O=C(/C=C(\[O-])c1ccccc1)c1ccccc1.O=C(/C=C(\[O-])c1ccccc1)c1ccccc1.O=C(/C=C(\[O-])c1ccccc1)c1ccccc1.[K+].[K+].[O-2].[O-2].[O-2].[O-2].[U].[U]. The van der Waals surface area contributed by atoms with E-state index in [0.29, 0.717) is 203 Å². The summed E-state index contributed by atoms with van der Waals surface area (Å²) in [4.78, 5) is 47.0. The number of hydrogen-bond donors (Lipinski definition) is 0. The normalized spacial score (nSPS) is 14.5. The van der Waals surface area contributed by atoms with Gasteiger partial charge in [-0.05, 0) is 46.6 Å². The molecule has 2 aliphatic heterocycles. The van der Waals surface area contributed by atoms with Crippen molar-refractivity contribution in [2.45, 2.75) is 0 Å². The van der Waals surface area contributed by atoms with Crippen LogP contribution in [0.1, 0.15) is 63.7 Å². The van der Waals surface area contributed by atoms with Gasteiger partial charge < -0.3 is 99.2 Å². The van der Waals surface area contributed by atoms with E-state index in [9.17, 15) is 39.6 Å². The minimum Gasteiger partial charge on any atom is -2.00 e. The van der Waals surface area contributed by atoms with Crippen molar-refractivity contribution >= 4 is 46.2 Å². The van der Waals surface area contributed by atoms with Gasteiger partial charge in [0.25, 0.3) is 0 Å². The van der Waals surface area contributed by atoms with Gasteiger partial charge in [0.2, 0.25) is 0 Å². The summed E-state index contributed by atoms with van der Waals surface area (Å²) < 4.78 is 63.9. The van der Waals surface area contributed by atoms with Gasteiger partial charge in [0.15, 0.2) is 23.1 Å². The molecule has 112 heavy (non-hydrogen) atoms. The Bertz CT molecular complexity index is 3080. The van der Waals surface area contributed by atoms with Crippen LogP contribution in [0, 0.1) is 62.2 Å². The van der Waals surface area contributed by atoms with Crippen molar-refractivity contribution in [2.75, 3.05) is 159 Å². The van der Waals surface area contributed by atoms with Gasteiger partial charge in [-0.2, -0.15) is 0 Å². The van der Waals surface area contributed by atoms with Crippen LogP contribution in [0.5, 0.6) is 0 Å². The smallest absolute Gasteiger partial charge is 1.00 e. The zero-order valence-electron chi connectivity index (χ0n) is 63.2. The maximum atomic E-state index is 11.8. The monoisotopic (exact) mass is 2040 g/mol. The average Bonchev–Trinajstić information content (AvgIpc) is 0.898. The largest absolute Gasteiger partial charge is 2.00 e. The first-order chi connectivity index (χ1) is 51.1. The molecule has 0 bridgehead atoms. The van der Waals surface area contributed by atoms with E-state index in [0.717, 1.165) is 24.3 Å². The first-order valence-corrected chi connectivity index (χ1v) is 34.2. The van der Waals surface area contributed by atoms with Crippen molar-refractivity contribution in [1.29, 1.82) is 0 Å². The third-order valence-electron chi connectivity index (χ3n) is 14.0. The Kier molecular flexibility index (Phi) is 78.7. The van der Waals surface area contributed by atoms with Crippen molar-refractivity contribution in [3.63, 3.8) is 0 Å². The minimum absolute atomic E-state index is 0. The van der Waals surface area contributed by atoms with Crippen LogP contribution >= 0.6 is 0 Å². The number of ether oxygens (including phenoxy) is 12. The van der Waals surface area contributed by atoms with Crippen LogP contribution in [-0.2, 0) is 78.7 Å². The third kappa shape index (κ3) is 55.8. The number of benzene rings is 8. The quantitative estimate of drug-likeness (QED) is 0.0734. The summed E-state index contributed by atoms with van der Waals surface area (Å²) in [5.74, 6) is -2.12. The molecule has 0 spiro atoms. The first kappa shape index (κ1) is 114. The van der Waals surface area contributed by atoms with Crippen LogP contribution in [0.2, 0.25) is 0 Å². The molecule has 24 nitrogen and oxygen atoms in total. The topological polar surface area (TPSA) is 385 Å². The van der Waals surface area contributed by atoms with Gasteiger partial charge in [0.1, 0.15) is 0 Å². The van der Waals surface area contributed by atoms with E-state index in [1.165, 1.54) is 0 Å². The molecule has 592 valence electrons. The first-order valence-electron chi connectivity index (χ1n) is 34.2. The van der Waals surface area contributed by atoms with E-state index in [1.54, 1.807) is 194 Å². The fourth-order valence-electron chi connectivity index (χ4n) is 8.60. The van der Waals surface area contributed by atoms with Crippen LogP contribution in [0.15, 0.2) is 267 Å². The average molecular weight is 2040 g/mol. The van der Waals surface area contributed by atoms with Gasteiger partial charge in [0.05, 0.1) is 159 Å². The molecule has 0 aliphatic carbocycles. The van der Waals surface area contributed by atoms with E-state index >= 15 is 0 Å². The van der Waals surface area contributed by atoms with Crippen LogP contribution in [0.4, 0.5) is 0 Å². The van der Waals surface area contributed by atoms with Gasteiger partial charge >= 0.3 is 103 Å². The molecule has 10 rings (SSSR count). The van der Waals surface area contributed by atoms with Crippen LogP contribution in [0.25, 0.3) is 23.0 Å². The molecule has 0 radical (unpaired) electrons. The Morgan fingerprint density at radius 2 is 0.277 bits per heavy atom. The molecule has 0 saturated carbocycles. The number of rotatable bonds is 12. The molecule has 0 atom stereocenters. The number of allylic oxidation sites excluding steroid dienone is 4. The second kappa shape index (κ2) is 77.6. The molecule has 28 heteroatoms. The van der Waals surface area contributed by atoms with Crippen molar-refractivity contribution < 1.29 is 283 Å². The standard InChI is InChI=1S/4C15H12O2.2C12H24O6.2K.4O.2U/c4*16-14(12-7-3-1-4-8-12)11-15(17)13-9-5-2-6-10-13;2*1-2-14-5-6-16-9-10-18-12-11-17-8-7-15-4-3-13-1;;;;;;;;/h4*1-11,16H;2*1-12H2;;;;;;;;/q;;;;;;2*+1;4*-2;;/p-4/b4*14-11-;;;;;;;;;;. The predicted octanol–water partition coefficient (Wildman–Crippen LogP) is 2.81. The molecule has 0 unspecified atom stereocenters. The van der Waals surface area contributed by atoms with E-state index in [1.807, 2.05) is 48.5 Å². The number of hydrogen-bond acceptors (Lipinski definition) is 20. The zero-order valence-corrected chi connectivity index (χ0v) is 77.7. The Morgan fingerprint density at radius 3 is 0.375 bits per heavy atom. The summed E-state index contributed by atoms with van der Waals surface area (Å²) in [6.07, 6.45) is 4.52. The molecular weight excluding hydrogens is 1950 g/mol. The molecule has 0 amide bonds. The summed E-state index contributed by atoms with van der Waals surface area (Å²) in [5.41, 5.74) is 4.20. The van der Waals surface area contributed by atoms with Crippen LogP contribution < -0.4 is 123 Å². The maximum absolute atomic E-state index is 11.8. The predicted molar refractivity (Wildman–Crippen MR) is 393 cm³/mol. The zero-order chi connectivity index (χ0) is 73.8. The fourth-order valence-corrected chi connectivity index (χ4v) is 8.60. The van der Waals surface area contributed by atoms with Gasteiger partial charge in [-0.1, -0.05) is 266 Å². The van der Waals surface area contributed by atoms with Gasteiger partial charge in [0, 0.05) is 84.5 Å². The molecular formula is C84H92K2O24U2-10. The summed E-state index contributed by atoms with van der Waals surface area (Å²) in [6, 6.07) is 70.0. The van der Waals surface area contributed by atoms with Crippen LogP contribution in [-0.4, -0.2) is 182 Å². The summed E-state index contributed by atoms with van der Waals surface area (Å²) in [6.45, 7) is 14.1.